The minimum atomic E-state index is -0.0886. The van der Waals surface area contributed by atoms with Crippen LogP contribution in [0, 0.1) is 0 Å². The van der Waals surface area contributed by atoms with Crippen LogP contribution in [0.1, 0.15) is 12.5 Å². The largest absolute Gasteiger partial charge is 0.300 e. The number of amides is 1. The van der Waals surface area contributed by atoms with Crippen LogP contribution >= 0.6 is 58.1 Å². The third-order valence-electron chi connectivity index (χ3n) is 2.41. The monoisotopic (exact) mass is 393 g/mol. The van der Waals surface area contributed by atoms with Crippen molar-refractivity contribution in [2.45, 2.75) is 17.0 Å². The number of hydrogen-bond acceptors (Lipinski definition) is 6. The van der Waals surface area contributed by atoms with Crippen LogP contribution in [0.4, 0.5) is 5.13 Å². The molecule has 0 saturated heterocycles. The molecule has 0 bridgehead atoms. The van der Waals surface area contributed by atoms with Crippen molar-refractivity contribution in [1.29, 1.82) is 0 Å². The zero-order valence-electron chi connectivity index (χ0n) is 11.6. The second-order valence-electron chi connectivity index (χ2n) is 4.10. The molecule has 0 aliphatic rings. The van der Waals surface area contributed by atoms with E-state index in [4.69, 9.17) is 23.2 Å². The molecule has 2 aromatic rings. The molecule has 0 radical (unpaired) electrons. The van der Waals surface area contributed by atoms with Gasteiger partial charge in [-0.05, 0) is 23.4 Å². The normalized spacial score (nSPS) is 10.7. The van der Waals surface area contributed by atoms with E-state index in [0.29, 0.717) is 26.7 Å². The van der Waals surface area contributed by atoms with E-state index in [1.165, 1.54) is 23.1 Å². The molecule has 0 fully saturated rings. The first kappa shape index (κ1) is 17.9. The van der Waals surface area contributed by atoms with Crippen molar-refractivity contribution in [2.24, 2.45) is 0 Å². The number of aromatic nitrogens is 2. The molecule has 22 heavy (non-hydrogen) atoms. The van der Waals surface area contributed by atoms with E-state index in [2.05, 4.69) is 15.5 Å². The number of nitrogens with one attached hydrogen (secondary N) is 1. The molecule has 118 valence electrons. The molecule has 0 spiro atoms. The highest BCUT2D eigenvalue weighted by molar-refractivity contribution is 8.01. The maximum Gasteiger partial charge on any atom is 0.236 e. The number of thioether (sulfide) groups is 2. The predicted molar refractivity (Wildman–Crippen MR) is 97.6 cm³/mol. The summed E-state index contributed by atoms with van der Waals surface area (Å²) >= 11 is 16.3. The summed E-state index contributed by atoms with van der Waals surface area (Å²) in [5.41, 5.74) is 1.03. The zero-order valence-corrected chi connectivity index (χ0v) is 15.6. The molecule has 1 heterocycles. The summed E-state index contributed by atoms with van der Waals surface area (Å²) in [7, 11) is 0. The summed E-state index contributed by atoms with van der Waals surface area (Å²) in [6.07, 6.45) is 0. The molecular weight excluding hydrogens is 381 g/mol. The lowest BCUT2D eigenvalue weighted by Gasteiger charge is -2.03. The van der Waals surface area contributed by atoms with E-state index in [9.17, 15) is 4.79 Å². The van der Waals surface area contributed by atoms with Gasteiger partial charge in [0.15, 0.2) is 4.34 Å². The van der Waals surface area contributed by atoms with Crippen LogP contribution in [0.3, 0.4) is 0 Å². The first-order chi connectivity index (χ1) is 10.6. The minimum Gasteiger partial charge on any atom is -0.300 e. The molecule has 0 atom stereocenters. The van der Waals surface area contributed by atoms with Gasteiger partial charge < -0.3 is 0 Å². The average Bonchev–Trinajstić information content (AvgIpc) is 2.90. The highest BCUT2D eigenvalue weighted by atomic mass is 35.5. The Bertz CT molecular complexity index is 651. The fourth-order valence-corrected chi connectivity index (χ4v) is 4.25. The summed E-state index contributed by atoms with van der Waals surface area (Å²) in [4.78, 5) is 11.8. The van der Waals surface area contributed by atoms with Crippen LogP contribution in [0.15, 0.2) is 22.5 Å². The Kier molecular flexibility index (Phi) is 7.30. The molecule has 2 rings (SSSR count). The lowest BCUT2D eigenvalue weighted by Crippen LogP contribution is -2.13. The zero-order chi connectivity index (χ0) is 15.9. The summed E-state index contributed by atoms with van der Waals surface area (Å²) < 4.78 is 0.862. The summed E-state index contributed by atoms with van der Waals surface area (Å²) in [5, 5.41) is 12.3. The molecule has 0 unspecified atom stereocenters. The molecule has 1 aromatic carbocycles. The topological polar surface area (TPSA) is 54.9 Å². The molecule has 9 heteroatoms. The molecule has 0 aliphatic carbocycles. The third kappa shape index (κ3) is 5.62. The van der Waals surface area contributed by atoms with Gasteiger partial charge in [0.05, 0.1) is 15.8 Å². The van der Waals surface area contributed by atoms with Gasteiger partial charge in [0.1, 0.15) is 0 Å². The van der Waals surface area contributed by atoms with Gasteiger partial charge in [0, 0.05) is 5.75 Å². The van der Waals surface area contributed by atoms with Gasteiger partial charge >= 0.3 is 0 Å². The summed E-state index contributed by atoms with van der Waals surface area (Å²) in [5.74, 6) is 1.88. The molecule has 0 saturated carbocycles. The molecule has 1 amide bonds. The van der Waals surface area contributed by atoms with Gasteiger partial charge in [-0.3, -0.25) is 10.1 Å². The lowest BCUT2D eigenvalue weighted by molar-refractivity contribution is -0.113. The van der Waals surface area contributed by atoms with Gasteiger partial charge in [-0.1, -0.05) is 59.3 Å². The SMILES string of the molecule is CCSc1nnc(NC(=O)CSCc2ccc(Cl)c(Cl)c2)s1. The number of rotatable bonds is 7. The van der Waals surface area contributed by atoms with Crippen molar-refractivity contribution in [1.82, 2.24) is 10.2 Å². The van der Waals surface area contributed by atoms with Crippen molar-refractivity contribution in [3.63, 3.8) is 0 Å². The Morgan fingerprint density at radius 2 is 2.14 bits per heavy atom. The van der Waals surface area contributed by atoms with E-state index in [1.54, 1.807) is 17.8 Å². The molecule has 0 aliphatic heterocycles. The van der Waals surface area contributed by atoms with Crippen LogP contribution in [-0.2, 0) is 10.5 Å². The molecule has 1 aromatic heterocycles. The first-order valence-electron chi connectivity index (χ1n) is 6.36. The number of nitrogens with zero attached hydrogens (tertiary/aromatic N) is 2. The van der Waals surface area contributed by atoms with Crippen LogP contribution in [-0.4, -0.2) is 27.6 Å². The number of hydrogen-bond donors (Lipinski definition) is 1. The van der Waals surface area contributed by atoms with Crippen molar-refractivity contribution in [3.8, 4) is 0 Å². The number of benzene rings is 1. The Hall–Kier alpha value is -0.470. The molecule has 4 nitrogen and oxygen atoms in total. The standard InChI is InChI=1S/C13H13Cl2N3OS3/c1-2-21-13-18-17-12(22-13)16-11(19)7-20-6-8-3-4-9(14)10(15)5-8/h3-5H,2,6-7H2,1H3,(H,16,17,19). The van der Waals surface area contributed by atoms with Crippen molar-refractivity contribution in [3.05, 3.63) is 33.8 Å². The van der Waals surface area contributed by atoms with Gasteiger partial charge in [0.25, 0.3) is 0 Å². The molecular formula is C13H13Cl2N3OS3. The smallest absolute Gasteiger partial charge is 0.236 e. The van der Waals surface area contributed by atoms with Crippen LogP contribution in [0.5, 0.6) is 0 Å². The van der Waals surface area contributed by atoms with Crippen molar-refractivity contribution < 1.29 is 4.79 Å². The first-order valence-corrected chi connectivity index (χ1v) is 10.1. The highest BCUT2D eigenvalue weighted by Gasteiger charge is 2.08. The number of carbonyl (C=O) groups is 1. The quantitative estimate of drug-likeness (QED) is 0.539. The fraction of sp³-hybridized carbons (Fsp3) is 0.308. The summed E-state index contributed by atoms with van der Waals surface area (Å²) in [6, 6.07) is 5.47. The number of anilines is 1. The van der Waals surface area contributed by atoms with Gasteiger partial charge in [0.2, 0.25) is 11.0 Å². The van der Waals surface area contributed by atoms with Gasteiger partial charge in [-0.25, -0.2) is 0 Å². The Morgan fingerprint density at radius 3 is 2.86 bits per heavy atom. The van der Waals surface area contributed by atoms with Crippen LogP contribution in [0.2, 0.25) is 10.0 Å². The lowest BCUT2D eigenvalue weighted by atomic mass is 10.2. The molecule has 1 N–H and O–H groups in total. The maximum absolute atomic E-state index is 11.8. The highest BCUT2D eigenvalue weighted by Crippen LogP contribution is 2.26. The average molecular weight is 394 g/mol. The second-order valence-corrected chi connectivity index (χ2v) is 8.38. The Labute approximate surface area is 151 Å². The second kappa shape index (κ2) is 8.98. The Morgan fingerprint density at radius 1 is 1.32 bits per heavy atom. The van der Waals surface area contributed by atoms with E-state index in [0.717, 1.165) is 15.7 Å². The van der Waals surface area contributed by atoms with Gasteiger partial charge in [-0.15, -0.1) is 22.0 Å². The van der Waals surface area contributed by atoms with E-state index in [1.807, 2.05) is 19.1 Å². The maximum atomic E-state index is 11.8. The Balaban J connectivity index is 1.76. The van der Waals surface area contributed by atoms with Crippen molar-refractivity contribution in [2.75, 3.05) is 16.8 Å². The van der Waals surface area contributed by atoms with Crippen LogP contribution < -0.4 is 5.32 Å². The van der Waals surface area contributed by atoms with Crippen molar-refractivity contribution >= 4 is 69.1 Å². The van der Waals surface area contributed by atoms with E-state index in [-0.39, 0.29) is 5.91 Å². The van der Waals surface area contributed by atoms with Crippen LogP contribution in [0.25, 0.3) is 0 Å². The third-order valence-corrected chi connectivity index (χ3v) is 6.00. The minimum absolute atomic E-state index is 0.0886. The van der Waals surface area contributed by atoms with E-state index >= 15 is 0 Å². The number of carbonyl (C=O) groups excluding carboxylic acids is 1. The van der Waals surface area contributed by atoms with Gasteiger partial charge in [-0.2, -0.15) is 0 Å². The number of halogens is 2. The van der Waals surface area contributed by atoms with E-state index < -0.39 is 0 Å². The summed E-state index contributed by atoms with van der Waals surface area (Å²) in [6.45, 7) is 2.05. The fourth-order valence-electron chi connectivity index (χ4n) is 1.49. The predicted octanol–water partition coefficient (Wildman–Crippen LogP) is 4.83.